The maximum Gasteiger partial charge on any atom is 0.0129 e. The van der Waals surface area contributed by atoms with Gasteiger partial charge in [-0.15, -0.1) is 0 Å². The van der Waals surface area contributed by atoms with Crippen LogP contribution in [0.3, 0.4) is 0 Å². The van der Waals surface area contributed by atoms with E-state index in [1.807, 2.05) is 0 Å². The van der Waals surface area contributed by atoms with Crippen molar-refractivity contribution in [2.45, 2.75) is 71.3 Å². The van der Waals surface area contributed by atoms with Crippen molar-refractivity contribution in [1.29, 1.82) is 0 Å². The van der Waals surface area contributed by atoms with Crippen LogP contribution in [0, 0.1) is 29.6 Å². The van der Waals surface area contributed by atoms with E-state index >= 15 is 0 Å². The van der Waals surface area contributed by atoms with E-state index in [2.05, 4.69) is 19.2 Å². The smallest absolute Gasteiger partial charge is 0.0129 e. The molecular weight excluding hydrogens is 218 g/mol. The first-order valence-corrected chi connectivity index (χ1v) is 8.54. The molecule has 3 rings (SSSR count). The Balaban J connectivity index is 1.62. The van der Waals surface area contributed by atoms with Crippen LogP contribution in [0.2, 0.25) is 0 Å². The van der Waals surface area contributed by atoms with Gasteiger partial charge in [-0.3, -0.25) is 0 Å². The molecule has 5 atom stereocenters. The number of nitrogens with one attached hydrogen (secondary N) is 1. The van der Waals surface area contributed by atoms with E-state index in [0.717, 1.165) is 35.6 Å². The highest BCUT2D eigenvalue weighted by molar-refractivity contribution is 5.08. The number of fused-ring (bicyclic) bond motifs is 1. The first kappa shape index (κ1) is 13.0. The molecule has 1 N–H and O–H groups in total. The van der Waals surface area contributed by atoms with E-state index < -0.39 is 0 Å². The fourth-order valence-corrected chi connectivity index (χ4v) is 5.14. The second kappa shape index (κ2) is 5.53. The fraction of sp³-hybridized carbons (Fsp3) is 1.00. The predicted octanol–water partition coefficient (Wildman–Crippen LogP) is 4.23. The largest absolute Gasteiger partial charge is 0.313 e. The molecule has 0 aromatic rings. The van der Waals surface area contributed by atoms with Gasteiger partial charge in [0.1, 0.15) is 0 Å². The van der Waals surface area contributed by atoms with Crippen LogP contribution in [0.15, 0.2) is 0 Å². The topological polar surface area (TPSA) is 12.0 Å². The second-order valence-corrected chi connectivity index (χ2v) is 7.35. The first-order valence-electron chi connectivity index (χ1n) is 8.54. The summed E-state index contributed by atoms with van der Waals surface area (Å²) in [7, 11) is 0. The Labute approximate surface area is 113 Å². The summed E-state index contributed by atoms with van der Waals surface area (Å²) in [5, 5.41) is 3.95. The average molecular weight is 249 g/mol. The molecule has 18 heavy (non-hydrogen) atoms. The van der Waals surface area contributed by atoms with E-state index in [9.17, 15) is 0 Å². The molecule has 0 bridgehead atoms. The molecule has 0 aromatic carbocycles. The van der Waals surface area contributed by atoms with Gasteiger partial charge in [-0.05, 0) is 68.2 Å². The third-order valence-corrected chi connectivity index (χ3v) is 6.00. The van der Waals surface area contributed by atoms with Crippen molar-refractivity contribution in [2.75, 3.05) is 6.54 Å². The molecule has 0 heterocycles. The normalized spacial score (nSPS) is 44.7. The highest BCUT2D eigenvalue weighted by atomic mass is 15.0. The molecule has 0 aromatic heterocycles. The van der Waals surface area contributed by atoms with E-state index in [1.54, 1.807) is 12.8 Å². The van der Waals surface area contributed by atoms with E-state index in [0.29, 0.717) is 0 Å². The lowest BCUT2D eigenvalue weighted by atomic mass is 9.76. The minimum Gasteiger partial charge on any atom is -0.313 e. The van der Waals surface area contributed by atoms with Crippen molar-refractivity contribution < 1.29 is 0 Å². The zero-order chi connectivity index (χ0) is 12.5. The van der Waals surface area contributed by atoms with Crippen LogP contribution in [0.5, 0.6) is 0 Å². The highest BCUT2D eigenvalue weighted by Crippen LogP contribution is 2.60. The lowest BCUT2D eigenvalue weighted by Crippen LogP contribution is -2.41. The molecule has 5 unspecified atom stereocenters. The Morgan fingerprint density at radius 2 is 1.78 bits per heavy atom. The minimum atomic E-state index is 0.878. The van der Waals surface area contributed by atoms with Crippen molar-refractivity contribution >= 4 is 0 Å². The Morgan fingerprint density at radius 3 is 2.44 bits per heavy atom. The summed E-state index contributed by atoms with van der Waals surface area (Å²) in [5.74, 6) is 5.29. The standard InChI is InChI=1S/C17H31N/c1-3-10-18-17(13-7-4-6-12(2)11-13)16-14-8-5-9-15(14)16/h12-18H,3-11H2,1-2H3. The highest BCUT2D eigenvalue weighted by Gasteiger charge is 2.56. The molecule has 0 amide bonds. The van der Waals surface area contributed by atoms with Crippen molar-refractivity contribution in [3.63, 3.8) is 0 Å². The van der Waals surface area contributed by atoms with E-state index in [1.165, 1.54) is 45.1 Å². The maximum absolute atomic E-state index is 3.95. The molecule has 0 spiro atoms. The third kappa shape index (κ3) is 2.48. The van der Waals surface area contributed by atoms with Gasteiger partial charge in [0.25, 0.3) is 0 Å². The molecule has 0 saturated heterocycles. The van der Waals surface area contributed by atoms with Gasteiger partial charge in [-0.1, -0.05) is 33.1 Å². The van der Waals surface area contributed by atoms with Crippen LogP contribution in [0.4, 0.5) is 0 Å². The van der Waals surface area contributed by atoms with Gasteiger partial charge in [0.05, 0.1) is 0 Å². The lowest BCUT2D eigenvalue weighted by molar-refractivity contribution is 0.195. The maximum atomic E-state index is 3.95. The van der Waals surface area contributed by atoms with Gasteiger partial charge < -0.3 is 5.32 Å². The second-order valence-electron chi connectivity index (χ2n) is 7.35. The Morgan fingerprint density at radius 1 is 1.06 bits per heavy atom. The van der Waals surface area contributed by atoms with Gasteiger partial charge >= 0.3 is 0 Å². The molecule has 0 aliphatic heterocycles. The SMILES string of the molecule is CCCNC(C1CCCC(C)C1)C1C2CCCC21. The van der Waals surface area contributed by atoms with Crippen molar-refractivity contribution in [1.82, 2.24) is 5.32 Å². The molecule has 1 nitrogen and oxygen atoms in total. The Bertz CT molecular complexity index is 265. The van der Waals surface area contributed by atoms with Gasteiger partial charge in [-0.2, -0.15) is 0 Å². The van der Waals surface area contributed by atoms with Gasteiger partial charge in [0, 0.05) is 6.04 Å². The van der Waals surface area contributed by atoms with Crippen molar-refractivity contribution in [2.24, 2.45) is 29.6 Å². The monoisotopic (exact) mass is 249 g/mol. The van der Waals surface area contributed by atoms with Crippen LogP contribution in [-0.2, 0) is 0 Å². The summed E-state index contributed by atoms with van der Waals surface area (Å²) in [6.45, 7) is 6.02. The van der Waals surface area contributed by atoms with Crippen LogP contribution < -0.4 is 5.32 Å². The number of rotatable bonds is 5. The summed E-state index contributed by atoms with van der Waals surface area (Å²) in [6.07, 6.45) is 11.9. The number of hydrogen-bond acceptors (Lipinski definition) is 1. The zero-order valence-corrected chi connectivity index (χ0v) is 12.3. The van der Waals surface area contributed by atoms with Crippen LogP contribution >= 0.6 is 0 Å². The van der Waals surface area contributed by atoms with Crippen molar-refractivity contribution in [3.05, 3.63) is 0 Å². The minimum absolute atomic E-state index is 0.878. The molecule has 104 valence electrons. The Hall–Kier alpha value is -0.0400. The molecule has 3 aliphatic carbocycles. The molecule has 3 fully saturated rings. The van der Waals surface area contributed by atoms with Gasteiger partial charge in [0.2, 0.25) is 0 Å². The molecule has 3 aliphatic rings. The molecular formula is C17H31N. The summed E-state index contributed by atoms with van der Waals surface area (Å²) in [6, 6.07) is 0.878. The lowest BCUT2D eigenvalue weighted by Gasteiger charge is -2.35. The van der Waals surface area contributed by atoms with Crippen LogP contribution in [0.25, 0.3) is 0 Å². The first-order chi connectivity index (χ1) is 8.81. The van der Waals surface area contributed by atoms with Gasteiger partial charge in [0.15, 0.2) is 0 Å². The summed E-state index contributed by atoms with van der Waals surface area (Å²) >= 11 is 0. The van der Waals surface area contributed by atoms with E-state index in [4.69, 9.17) is 0 Å². The summed E-state index contributed by atoms with van der Waals surface area (Å²) in [5.41, 5.74) is 0. The molecule has 0 radical (unpaired) electrons. The third-order valence-electron chi connectivity index (χ3n) is 6.00. The summed E-state index contributed by atoms with van der Waals surface area (Å²) in [4.78, 5) is 0. The molecule has 1 heteroatoms. The van der Waals surface area contributed by atoms with E-state index in [-0.39, 0.29) is 0 Å². The molecule has 3 saturated carbocycles. The number of hydrogen-bond donors (Lipinski definition) is 1. The van der Waals surface area contributed by atoms with Crippen LogP contribution in [-0.4, -0.2) is 12.6 Å². The van der Waals surface area contributed by atoms with Crippen molar-refractivity contribution in [3.8, 4) is 0 Å². The zero-order valence-electron chi connectivity index (χ0n) is 12.3. The quantitative estimate of drug-likeness (QED) is 0.769. The van der Waals surface area contributed by atoms with Gasteiger partial charge in [-0.25, -0.2) is 0 Å². The average Bonchev–Trinajstić information content (AvgIpc) is 2.84. The van der Waals surface area contributed by atoms with Crippen LogP contribution in [0.1, 0.15) is 65.2 Å². The predicted molar refractivity (Wildman–Crippen MR) is 77.5 cm³/mol. The fourth-order valence-electron chi connectivity index (χ4n) is 5.14. The summed E-state index contributed by atoms with van der Waals surface area (Å²) < 4.78 is 0. The Kier molecular flexibility index (Phi) is 3.98.